The zero-order chi connectivity index (χ0) is 13.4. The molecule has 0 saturated heterocycles. The first-order valence-corrected chi connectivity index (χ1v) is 7.30. The van der Waals surface area contributed by atoms with Crippen molar-refractivity contribution in [3.05, 3.63) is 24.3 Å². The minimum Gasteiger partial charge on any atom is -0.384 e. The molecule has 0 spiro atoms. The van der Waals surface area contributed by atoms with Gasteiger partial charge in [0.2, 0.25) is 10.0 Å². The second-order valence-corrected chi connectivity index (χ2v) is 5.65. The number of unbranched alkanes of at least 4 members (excludes halogenated alkanes) is 2. The number of hydrogen-bond acceptors (Lipinski definition) is 3. The molecule has 1 aromatic rings. The molecule has 98 valence electrons. The van der Waals surface area contributed by atoms with Gasteiger partial charge in [0.1, 0.15) is 4.90 Å². The fraction of sp³-hybridized carbons (Fsp3) is 0.385. The fourth-order valence-electron chi connectivity index (χ4n) is 1.53. The van der Waals surface area contributed by atoms with Crippen LogP contribution < -0.4 is 10.0 Å². The SMILES string of the molecule is C#CCCCCNc1ccccc1S(=O)(=O)NC. The summed E-state index contributed by atoms with van der Waals surface area (Å²) in [5, 5.41) is 3.12. The van der Waals surface area contributed by atoms with Gasteiger partial charge in [-0.15, -0.1) is 12.3 Å². The third-order valence-electron chi connectivity index (χ3n) is 2.51. The van der Waals surface area contributed by atoms with E-state index >= 15 is 0 Å². The van der Waals surface area contributed by atoms with Gasteiger partial charge in [-0.2, -0.15) is 0 Å². The summed E-state index contributed by atoms with van der Waals surface area (Å²) in [4.78, 5) is 0.268. The summed E-state index contributed by atoms with van der Waals surface area (Å²) >= 11 is 0. The minimum absolute atomic E-state index is 0.268. The Morgan fingerprint density at radius 1 is 1.28 bits per heavy atom. The molecular weight excluding hydrogens is 248 g/mol. The van der Waals surface area contributed by atoms with E-state index in [2.05, 4.69) is 16.0 Å². The van der Waals surface area contributed by atoms with E-state index < -0.39 is 10.0 Å². The molecule has 0 aliphatic carbocycles. The predicted molar refractivity (Wildman–Crippen MR) is 73.9 cm³/mol. The van der Waals surface area contributed by atoms with E-state index in [1.165, 1.54) is 7.05 Å². The summed E-state index contributed by atoms with van der Waals surface area (Å²) in [6.07, 6.45) is 7.76. The standard InChI is InChI=1S/C13H18N2O2S/c1-3-4-5-8-11-15-12-9-6-7-10-13(12)18(16,17)14-2/h1,6-7,9-10,14-15H,4-5,8,11H2,2H3. The molecule has 0 radical (unpaired) electrons. The van der Waals surface area contributed by atoms with Crippen LogP contribution in [0, 0.1) is 12.3 Å². The molecule has 0 aliphatic rings. The molecule has 0 amide bonds. The third kappa shape index (κ3) is 4.06. The summed E-state index contributed by atoms with van der Waals surface area (Å²) in [6, 6.07) is 6.84. The zero-order valence-corrected chi connectivity index (χ0v) is 11.3. The van der Waals surface area contributed by atoms with Gasteiger partial charge in [0, 0.05) is 13.0 Å². The maximum Gasteiger partial charge on any atom is 0.242 e. The highest BCUT2D eigenvalue weighted by atomic mass is 32.2. The molecule has 0 unspecified atom stereocenters. The summed E-state index contributed by atoms with van der Waals surface area (Å²) < 4.78 is 25.9. The molecule has 2 N–H and O–H groups in total. The first-order chi connectivity index (χ1) is 8.61. The average Bonchev–Trinajstić information content (AvgIpc) is 2.39. The molecule has 0 atom stereocenters. The van der Waals surface area contributed by atoms with Crippen molar-refractivity contribution in [2.75, 3.05) is 18.9 Å². The molecule has 0 heterocycles. The van der Waals surface area contributed by atoms with Gasteiger partial charge in [0.25, 0.3) is 0 Å². The average molecular weight is 266 g/mol. The normalized spacial score (nSPS) is 10.9. The molecular formula is C13H18N2O2S. The highest BCUT2D eigenvalue weighted by Gasteiger charge is 2.15. The molecule has 18 heavy (non-hydrogen) atoms. The van der Waals surface area contributed by atoms with Crippen molar-refractivity contribution in [1.29, 1.82) is 0 Å². The smallest absolute Gasteiger partial charge is 0.242 e. The van der Waals surface area contributed by atoms with Crippen LogP contribution in [0.15, 0.2) is 29.2 Å². The van der Waals surface area contributed by atoms with Crippen LogP contribution in [0.4, 0.5) is 5.69 Å². The lowest BCUT2D eigenvalue weighted by Crippen LogP contribution is -2.20. The summed E-state index contributed by atoms with van der Waals surface area (Å²) in [6.45, 7) is 0.706. The number of terminal acetylenes is 1. The van der Waals surface area contributed by atoms with Crippen molar-refractivity contribution in [1.82, 2.24) is 4.72 Å². The highest BCUT2D eigenvalue weighted by molar-refractivity contribution is 7.89. The fourth-order valence-corrected chi connectivity index (χ4v) is 2.44. The number of sulfonamides is 1. The maximum absolute atomic E-state index is 11.8. The number of rotatable bonds is 7. The van der Waals surface area contributed by atoms with Crippen LogP contribution in [-0.4, -0.2) is 22.0 Å². The maximum atomic E-state index is 11.8. The van der Waals surface area contributed by atoms with Gasteiger partial charge in [-0.05, 0) is 32.0 Å². The zero-order valence-electron chi connectivity index (χ0n) is 10.4. The van der Waals surface area contributed by atoms with Crippen molar-refractivity contribution in [2.45, 2.75) is 24.2 Å². The molecule has 4 nitrogen and oxygen atoms in total. The number of anilines is 1. The minimum atomic E-state index is -3.42. The molecule has 1 rings (SSSR count). The van der Waals surface area contributed by atoms with E-state index in [0.29, 0.717) is 12.2 Å². The van der Waals surface area contributed by atoms with Crippen LogP contribution in [-0.2, 0) is 10.0 Å². The van der Waals surface area contributed by atoms with Crippen molar-refractivity contribution >= 4 is 15.7 Å². The lowest BCUT2D eigenvalue weighted by atomic mass is 10.2. The van der Waals surface area contributed by atoms with E-state index in [9.17, 15) is 8.42 Å². The van der Waals surface area contributed by atoms with Gasteiger partial charge < -0.3 is 5.32 Å². The van der Waals surface area contributed by atoms with Crippen molar-refractivity contribution in [3.63, 3.8) is 0 Å². The van der Waals surface area contributed by atoms with Gasteiger partial charge in [-0.3, -0.25) is 0 Å². The van der Waals surface area contributed by atoms with E-state index in [0.717, 1.165) is 19.3 Å². The summed E-state index contributed by atoms with van der Waals surface area (Å²) in [5.74, 6) is 2.58. The van der Waals surface area contributed by atoms with Crippen LogP contribution in [0.25, 0.3) is 0 Å². The van der Waals surface area contributed by atoms with E-state index in [1.807, 2.05) is 0 Å². The Bertz CT molecular complexity index is 518. The van der Waals surface area contributed by atoms with Crippen molar-refractivity contribution < 1.29 is 8.42 Å². The van der Waals surface area contributed by atoms with Gasteiger partial charge >= 0.3 is 0 Å². The van der Waals surface area contributed by atoms with Gasteiger partial charge in [0.05, 0.1) is 5.69 Å². The molecule has 5 heteroatoms. The second kappa shape index (κ2) is 7.04. The van der Waals surface area contributed by atoms with Gasteiger partial charge in [-0.1, -0.05) is 12.1 Å². The quantitative estimate of drug-likeness (QED) is 0.584. The number of hydrogen-bond donors (Lipinski definition) is 2. The third-order valence-corrected chi connectivity index (χ3v) is 3.98. The van der Waals surface area contributed by atoms with Crippen LogP contribution in [0.1, 0.15) is 19.3 Å². The van der Waals surface area contributed by atoms with Crippen LogP contribution >= 0.6 is 0 Å². The number of para-hydroxylation sites is 1. The molecule has 0 aromatic heterocycles. The van der Waals surface area contributed by atoms with E-state index in [4.69, 9.17) is 6.42 Å². The Morgan fingerprint density at radius 3 is 2.67 bits per heavy atom. The lowest BCUT2D eigenvalue weighted by molar-refractivity contribution is 0.588. The molecule has 1 aromatic carbocycles. The Labute approximate surface area is 109 Å². The Kier molecular flexibility index (Phi) is 5.69. The Balaban J connectivity index is 2.69. The molecule has 0 aliphatic heterocycles. The highest BCUT2D eigenvalue weighted by Crippen LogP contribution is 2.20. The van der Waals surface area contributed by atoms with Crippen LogP contribution in [0.5, 0.6) is 0 Å². The number of nitrogens with one attached hydrogen (secondary N) is 2. The topological polar surface area (TPSA) is 58.2 Å². The first-order valence-electron chi connectivity index (χ1n) is 5.81. The summed E-state index contributed by atoms with van der Waals surface area (Å²) in [7, 11) is -2.02. The van der Waals surface area contributed by atoms with Gasteiger partial charge in [0.15, 0.2) is 0 Å². The molecule has 0 fully saturated rings. The van der Waals surface area contributed by atoms with Crippen LogP contribution in [0.2, 0.25) is 0 Å². The van der Waals surface area contributed by atoms with Crippen molar-refractivity contribution in [3.8, 4) is 12.3 Å². The van der Waals surface area contributed by atoms with Crippen LogP contribution in [0.3, 0.4) is 0 Å². The Morgan fingerprint density at radius 2 is 2.00 bits per heavy atom. The Hall–Kier alpha value is -1.51. The predicted octanol–water partition coefficient (Wildman–Crippen LogP) is 1.81. The molecule has 0 bridgehead atoms. The second-order valence-electron chi connectivity index (χ2n) is 3.79. The number of benzene rings is 1. The largest absolute Gasteiger partial charge is 0.384 e. The van der Waals surface area contributed by atoms with Crippen molar-refractivity contribution in [2.24, 2.45) is 0 Å². The first kappa shape index (κ1) is 14.6. The monoisotopic (exact) mass is 266 g/mol. The summed E-state index contributed by atoms with van der Waals surface area (Å²) in [5.41, 5.74) is 0.618. The van der Waals surface area contributed by atoms with E-state index in [-0.39, 0.29) is 4.90 Å². The van der Waals surface area contributed by atoms with Gasteiger partial charge in [-0.25, -0.2) is 13.1 Å². The van der Waals surface area contributed by atoms with E-state index in [1.54, 1.807) is 24.3 Å². The lowest BCUT2D eigenvalue weighted by Gasteiger charge is -2.11. The molecule has 0 saturated carbocycles.